The van der Waals surface area contributed by atoms with Crippen molar-refractivity contribution in [2.24, 2.45) is 0 Å². The Hall–Kier alpha value is -2.11. The third kappa shape index (κ3) is 4.60. The summed E-state index contributed by atoms with van der Waals surface area (Å²) in [6.45, 7) is 1.72. The molecule has 7 nitrogen and oxygen atoms in total. The fourth-order valence-electron chi connectivity index (χ4n) is 2.68. The van der Waals surface area contributed by atoms with Gasteiger partial charge in [0, 0.05) is 12.1 Å². The van der Waals surface area contributed by atoms with Gasteiger partial charge in [-0.1, -0.05) is 11.8 Å². The number of hydrogen-bond donors (Lipinski definition) is 1. The summed E-state index contributed by atoms with van der Waals surface area (Å²) in [5.74, 6) is -2.25. The van der Waals surface area contributed by atoms with Gasteiger partial charge in [-0.2, -0.15) is 0 Å². The summed E-state index contributed by atoms with van der Waals surface area (Å²) in [5, 5.41) is 14.2. The summed E-state index contributed by atoms with van der Waals surface area (Å²) in [4.78, 5) is 28.4. The molecule has 0 aliphatic carbocycles. The zero-order chi connectivity index (χ0) is 19.6. The van der Waals surface area contributed by atoms with Gasteiger partial charge in [-0.25, -0.2) is 8.78 Å². The molecule has 0 atom stereocenters. The van der Waals surface area contributed by atoms with Crippen molar-refractivity contribution < 1.29 is 18.5 Å². The van der Waals surface area contributed by atoms with Crippen molar-refractivity contribution in [3.63, 3.8) is 0 Å². The maximum atomic E-state index is 13.8. The van der Waals surface area contributed by atoms with Gasteiger partial charge in [0.1, 0.15) is 9.09 Å². The molecular weight excluding hydrogens is 398 g/mol. The molecule has 0 spiro atoms. The number of rotatable bonds is 5. The van der Waals surface area contributed by atoms with Crippen LogP contribution in [0.4, 0.5) is 14.5 Å². The molecule has 144 valence electrons. The van der Waals surface area contributed by atoms with Crippen LogP contribution >= 0.6 is 23.1 Å². The van der Waals surface area contributed by atoms with Crippen LogP contribution in [0.15, 0.2) is 27.6 Å². The number of thiophene rings is 1. The summed E-state index contributed by atoms with van der Waals surface area (Å²) in [7, 11) is 2.00. The molecule has 3 heterocycles. The molecule has 1 N–H and O–H groups in total. The van der Waals surface area contributed by atoms with Crippen molar-refractivity contribution in [3.8, 4) is 0 Å². The molecule has 2 aromatic heterocycles. The minimum atomic E-state index is -0.917. The molecule has 0 bridgehead atoms. The molecule has 2 aromatic rings. The number of piperidine rings is 1. The smallest absolute Gasteiger partial charge is 0.294 e. The molecular formula is C16H16F2N4O3S2. The maximum Gasteiger partial charge on any atom is 0.294 e. The zero-order valence-corrected chi connectivity index (χ0v) is 15.9. The predicted molar refractivity (Wildman–Crippen MR) is 97.2 cm³/mol. The lowest BCUT2D eigenvalue weighted by Gasteiger charge is -2.29. The van der Waals surface area contributed by atoms with Gasteiger partial charge in [0.05, 0.1) is 22.2 Å². The van der Waals surface area contributed by atoms with Crippen LogP contribution in [-0.4, -0.2) is 46.9 Å². The third-order valence-corrected chi connectivity index (χ3v) is 6.56. The quantitative estimate of drug-likeness (QED) is 0.597. The first kappa shape index (κ1) is 19.6. The third-order valence-electron chi connectivity index (χ3n) is 4.16. The number of carbonyl (C=O) groups is 1. The molecule has 27 heavy (non-hydrogen) atoms. The van der Waals surface area contributed by atoms with E-state index in [-0.39, 0.29) is 20.8 Å². The second kappa shape index (κ2) is 8.28. The number of halogens is 2. The first-order valence-corrected chi connectivity index (χ1v) is 9.73. The molecule has 1 aliphatic rings. The van der Waals surface area contributed by atoms with Crippen molar-refractivity contribution in [1.82, 2.24) is 15.2 Å². The minimum Gasteiger partial charge on any atom is -0.349 e. The van der Waals surface area contributed by atoms with Gasteiger partial charge in [0.15, 0.2) is 11.6 Å². The Kier molecular flexibility index (Phi) is 6.02. The Morgan fingerprint density at radius 2 is 2.00 bits per heavy atom. The van der Waals surface area contributed by atoms with Crippen LogP contribution in [0.25, 0.3) is 0 Å². The average molecular weight is 414 g/mol. The van der Waals surface area contributed by atoms with Gasteiger partial charge in [0.25, 0.3) is 11.6 Å². The molecule has 1 saturated heterocycles. The van der Waals surface area contributed by atoms with Crippen molar-refractivity contribution in [2.75, 3.05) is 20.1 Å². The van der Waals surface area contributed by atoms with Crippen LogP contribution in [0.2, 0.25) is 0 Å². The fraction of sp³-hybridized carbons (Fsp3) is 0.375. The van der Waals surface area contributed by atoms with Crippen molar-refractivity contribution >= 4 is 34.7 Å². The Labute approximate surface area is 161 Å². The van der Waals surface area contributed by atoms with E-state index >= 15 is 0 Å². The van der Waals surface area contributed by atoms with Crippen LogP contribution in [0.5, 0.6) is 0 Å². The number of aromatic nitrogens is 1. The monoisotopic (exact) mass is 414 g/mol. The second-order valence-electron chi connectivity index (χ2n) is 6.13. The van der Waals surface area contributed by atoms with Gasteiger partial charge in [0.2, 0.25) is 0 Å². The van der Waals surface area contributed by atoms with Crippen molar-refractivity contribution in [3.05, 3.63) is 45.1 Å². The van der Waals surface area contributed by atoms with Crippen LogP contribution in [0, 0.1) is 21.7 Å². The lowest BCUT2D eigenvalue weighted by Crippen LogP contribution is -2.43. The highest BCUT2D eigenvalue weighted by molar-refractivity contribution is 8.01. The number of nitrogens with zero attached hydrogens (tertiary/aromatic N) is 3. The van der Waals surface area contributed by atoms with E-state index in [2.05, 4.69) is 15.2 Å². The summed E-state index contributed by atoms with van der Waals surface area (Å²) in [6, 6.07) is 1.15. The number of nitrogens with one attached hydrogen (secondary N) is 1. The number of nitro groups is 1. The van der Waals surface area contributed by atoms with E-state index < -0.39 is 27.4 Å². The normalized spacial score (nSPS) is 15.7. The SMILES string of the molecule is CN1CCC(NC(=O)c2cc([N+](=O)[O-])c(Sc3c(F)cncc3F)s2)CC1. The maximum absolute atomic E-state index is 13.8. The van der Waals surface area contributed by atoms with Crippen LogP contribution in [0.3, 0.4) is 0 Å². The Balaban J connectivity index is 1.81. The number of likely N-dealkylation sites (tertiary alicyclic amines) is 1. The number of hydrogen-bond acceptors (Lipinski definition) is 7. The van der Waals surface area contributed by atoms with E-state index in [0.717, 1.165) is 55.7 Å². The Bertz CT molecular complexity index is 849. The van der Waals surface area contributed by atoms with E-state index in [1.54, 1.807) is 0 Å². The highest BCUT2D eigenvalue weighted by Crippen LogP contribution is 2.42. The van der Waals surface area contributed by atoms with Crippen molar-refractivity contribution in [2.45, 2.75) is 28.0 Å². The van der Waals surface area contributed by atoms with E-state index in [0.29, 0.717) is 11.8 Å². The Morgan fingerprint density at radius 3 is 2.59 bits per heavy atom. The number of amides is 1. The lowest BCUT2D eigenvalue weighted by molar-refractivity contribution is -0.387. The summed E-state index contributed by atoms with van der Waals surface area (Å²) >= 11 is 1.42. The standard InChI is InChI=1S/C16H16F2N4O3S2/c1-21-4-2-9(3-5-21)20-15(23)13-6-12(22(24)25)16(26-13)27-14-10(17)7-19-8-11(14)18/h6-9H,2-5H2,1H3,(H,20,23). The van der Waals surface area contributed by atoms with Crippen molar-refractivity contribution in [1.29, 1.82) is 0 Å². The molecule has 1 fully saturated rings. The largest absolute Gasteiger partial charge is 0.349 e. The second-order valence-corrected chi connectivity index (χ2v) is 8.46. The van der Waals surface area contributed by atoms with Gasteiger partial charge >= 0.3 is 0 Å². The molecule has 1 amide bonds. The van der Waals surface area contributed by atoms with Crippen LogP contribution < -0.4 is 5.32 Å². The Morgan fingerprint density at radius 1 is 1.37 bits per heavy atom. The molecule has 0 saturated carbocycles. The molecule has 0 aromatic carbocycles. The zero-order valence-electron chi connectivity index (χ0n) is 14.3. The van der Waals surface area contributed by atoms with Crippen LogP contribution in [0.1, 0.15) is 22.5 Å². The van der Waals surface area contributed by atoms with Crippen LogP contribution in [-0.2, 0) is 0 Å². The van der Waals surface area contributed by atoms with Gasteiger partial charge < -0.3 is 10.2 Å². The van der Waals surface area contributed by atoms with Gasteiger partial charge in [-0.05, 0) is 33.0 Å². The summed E-state index contributed by atoms with van der Waals surface area (Å²) < 4.78 is 27.6. The molecule has 0 radical (unpaired) electrons. The fourth-order valence-corrected chi connectivity index (χ4v) is 4.85. The minimum absolute atomic E-state index is 0.000968. The topological polar surface area (TPSA) is 88.4 Å². The van der Waals surface area contributed by atoms with Gasteiger partial charge in [-0.15, -0.1) is 11.3 Å². The van der Waals surface area contributed by atoms with E-state index in [4.69, 9.17) is 0 Å². The van der Waals surface area contributed by atoms with E-state index in [1.807, 2.05) is 7.05 Å². The average Bonchev–Trinajstić information content (AvgIpc) is 3.05. The summed E-state index contributed by atoms with van der Waals surface area (Å²) in [6.07, 6.45) is 3.26. The number of pyridine rings is 1. The van der Waals surface area contributed by atoms with E-state index in [9.17, 15) is 23.7 Å². The predicted octanol–water partition coefficient (Wildman–Crippen LogP) is 3.30. The van der Waals surface area contributed by atoms with Gasteiger partial charge in [-0.3, -0.25) is 19.9 Å². The highest BCUT2D eigenvalue weighted by Gasteiger charge is 2.27. The first-order chi connectivity index (χ1) is 12.8. The highest BCUT2D eigenvalue weighted by atomic mass is 32.2. The summed E-state index contributed by atoms with van der Waals surface area (Å²) in [5.41, 5.74) is -0.353. The molecule has 11 heteroatoms. The van der Waals surface area contributed by atoms with E-state index in [1.165, 1.54) is 0 Å². The molecule has 1 aliphatic heterocycles. The lowest BCUT2D eigenvalue weighted by atomic mass is 10.1. The number of carbonyl (C=O) groups excluding carboxylic acids is 1. The molecule has 3 rings (SSSR count). The molecule has 0 unspecified atom stereocenters. The first-order valence-electron chi connectivity index (χ1n) is 8.09.